The lowest BCUT2D eigenvalue weighted by Crippen LogP contribution is -2.37. The van der Waals surface area contributed by atoms with Crippen molar-refractivity contribution in [2.75, 3.05) is 0 Å². The number of hydrogen-bond donors (Lipinski definition) is 0. The van der Waals surface area contributed by atoms with E-state index in [0.717, 1.165) is 32.0 Å². The molecule has 1 aliphatic rings. The van der Waals surface area contributed by atoms with E-state index in [0.29, 0.717) is 0 Å². The van der Waals surface area contributed by atoms with Gasteiger partial charge in [-0.15, -0.1) is 0 Å². The van der Waals surface area contributed by atoms with Crippen molar-refractivity contribution in [2.45, 2.75) is 63.4 Å². The normalized spacial score (nSPS) is 20.2. The maximum Gasteiger partial charge on any atom is 0.313 e. The first-order valence-corrected chi connectivity index (χ1v) is 9.68. The number of aldehydes is 1. The maximum absolute atomic E-state index is 11.9. The van der Waals surface area contributed by atoms with Gasteiger partial charge in [0.1, 0.15) is 17.9 Å². The summed E-state index contributed by atoms with van der Waals surface area (Å²) in [7, 11) is -1.78. The minimum absolute atomic E-state index is 0.0556. The van der Waals surface area contributed by atoms with Gasteiger partial charge in [-0.25, -0.2) is 0 Å². The van der Waals surface area contributed by atoms with Crippen LogP contribution in [0.2, 0.25) is 25.2 Å². The highest BCUT2D eigenvalue weighted by molar-refractivity contribution is 6.83. The van der Waals surface area contributed by atoms with Crippen LogP contribution in [0.5, 0.6) is 0 Å². The zero-order valence-corrected chi connectivity index (χ0v) is 11.5. The van der Waals surface area contributed by atoms with Crippen LogP contribution < -0.4 is 0 Å². The summed E-state index contributed by atoms with van der Waals surface area (Å²) in [5.41, 5.74) is -0.505. The third kappa shape index (κ3) is 3.74. The summed E-state index contributed by atoms with van der Waals surface area (Å²) in [5, 5.41) is 0. The van der Waals surface area contributed by atoms with Gasteiger partial charge in [0.15, 0.2) is 0 Å². The summed E-state index contributed by atoms with van der Waals surface area (Å²) in [6.07, 6.45) is 6.26. The van der Waals surface area contributed by atoms with E-state index in [1.807, 2.05) is 19.6 Å². The van der Waals surface area contributed by atoms with E-state index in [4.69, 9.17) is 4.74 Å². The third-order valence-corrected chi connectivity index (χ3v) is 5.40. The predicted molar refractivity (Wildman–Crippen MR) is 66.1 cm³/mol. The number of esters is 1. The molecule has 0 bridgehead atoms. The lowest BCUT2D eigenvalue weighted by molar-refractivity contribution is -0.151. The van der Waals surface area contributed by atoms with Crippen molar-refractivity contribution < 1.29 is 14.3 Å². The molecule has 0 aromatic rings. The second-order valence-corrected chi connectivity index (χ2v) is 11.0. The van der Waals surface area contributed by atoms with Gasteiger partial charge in [0.05, 0.1) is 8.07 Å². The molecule has 0 aliphatic heterocycles. The zero-order valence-electron chi connectivity index (χ0n) is 10.5. The summed E-state index contributed by atoms with van der Waals surface area (Å²) in [5.74, 6) is -0.291. The van der Waals surface area contributed by atoms with Crippen LogP contribution >= 0.6 is 0 Å². The molecule has 0 spiro atoms. The van der Waals surface area contributed by atoms with Gasteiger partial charge in [-0.1, -0.05) is 26.1 Å². The Balaban J connectivity index is 2.52. The highest BCUT2D eigenvalue weighted by atomic mass is 28.3. The van der Waals surface area contributed by atoms with Crippen molar-refractivity contribution in [3.8, 4) is 0 Å². The van der Waals surface area contributed by atoms with Crippen molar-refractivity contribution in [1.29, 1.82) is 0 Å². The van der Waals surface area contributed by atoms with E-state index < -0.39 is 13.6 Å². The molecular weight excluding hydrogens is 220 g/mol. The van der Waals surface area contributed by atoms with Crippen LogP contribution in [0.15, 0.2) is 0 Å². The van der Waals surface area contributed by atoms with Crippen LogP contribution in [0.4, 0.5) is 0 Å². The second kappa shape index (κ2) is 5.62. The number of hydrogen-bond acceptors (Lipinski definition) is 3. The van der Waals surface area contributed by atoms with Crippen LogP contribution in [-0.4, -0.2) is 26.4 Å². The number of carbonyl (C=O) groups excluding carboxylic acids is 2. The SMILES string of the molecule is C[Si](C)(C)C(C=O)C(=O)OC1CCCCC1. The van der Waals surface area contributed by atoms with Gasteiger partial charge in [0, 0.05) is 0 Å². The summed E-state index contributed by atoms with van der Waals surface area (Å²) in [6, 6.07) is 0. The smallest absolute Gasteiger partial charge is 0.313 e. The standard InChI is InChI=1S/C12H22O3Si/c1-16(2,3)11(9-13)12(14)15-10-7-5-4-6-8-10/h9-11H,4-8H2,1-3H3. The highest BCUT2D eigenvalue weighted by Gasteiger charge is 2.35. The molecule has 0 amide bonds. The summed E-state index contributed by atoms with van der Waals surface area (Å²) in [4.78, 5) is 22.8. The second-order valence-electron chi connectivity index (χ2n) is 5.68. The molecule has 0 saturated heterocycles. The largest absolute Gasteiger partial charge is 0.462 e. The minimum Gasteiger partial charge on any atom is -0.462 e. The summed E-state index contributed by atoms with van der Waals surface area (Å²) < 4.78 is 5.44. The zero-order chi connectivity index (χ0) is 12.2. The van der Waals surface area contributed by atoms with Gasteiger partial charge in [0.2, 0.25) is 0 Å². The molecule has 0 radical (unpaired) electrons. The molecule has 92 valence electrons. The first-order chi connectivity index (χ1) is 7.45. The topological polar surface area (TPSA) is 43.4 Å². The molecule has 1 unspecified atom stereocenters. The van der Waals surface area contributed by atoms with Crippen LogP contribution in [0.25, 0.3) is 0 Å². The predicted octanol–water partition coefficient (Wildman–Crippen LogP) is 2.77. The Morgan fingerprint density at radius 1 is 1.25 bits per heavy atom. The number of carbonyl (C=O) groups is 2. The fourth-order valence-corrected chi connectivity index (χ4v) is 3.22. The van der Waals surface area contributed by atoms with Crippen LogP contribution in [0, 0.1) is 0 Å². The molecule has 0 aromatic heterocycles. The highest BCUT2D eigenvalue weighted by Crippen LogP contribution is 2.25. The van der Waals surface area contributed by atoms with Crippen molar-refractivity contribution >= 4 is 20.3 Å². The van der Waals surface area contributed by atoms with Crippen LogP contribution in [-0.2, 0) is 14.3 Å². The van der Waals surface area contributed by atoms with Crippen LogP contribution in [0.3, 0.4) is 0 Å². The van der Waals surface area contributed by atoms with E-state index in [9.17, 15) is 9.59 Å². The van der Waals surface area contributed by atoms with Crippen molar-refractivity contribution in [3.05, 3.63) is 0 Å². The van der Waals surface area contributed by atoms with Gasteiger partial charge in [0.25, 0.3) is 0 Å². The fraction of sp³-hybridized carbons (Fsp3) is 0.833. The number of ether oxygens (including phenoxy) is 1. The first-order valence-electron chi connectivity index (χ1n) is 6.11. The lowest BCUT2D eigenvalue weighted by Gasteiger charge is -2.27. The fourth-order valence-electron chi connectivity index (χ4n) is 2.03. The summed E-state index contributed by atoms with van der Waals surface area (Å²) in [6.45, 7) is 6.07. The maximum atomic E-state index is 11.9. The molecule has 4 heteroatoms. The monoisotopic (exact) mass is 242 g/mol. The van der Waals surface area contributed by atoms with Gasteiger partial charge in [-0.2, -0.15) is 0 Å². The third-order valence-electron chi connectivity index (χ3n) is 3.16. The lowest BCUT2D eigenvalue weighted by atomic mass is 9.98. The van der Waals surface area contributed by atoms with E-state index >= 15 is 0 Å². The Morgan fingerprint density at radius 2 is 1.81 bits per heavy atom. The molecular formula is C12H22O3Si. The molecule has 1 aliphatic carbocycles. The van der Waals surface area contributed by atoms with E-state index in [1.54, 1.807) is 0 Å². The van der Waals surface area contributed by atoms with Gasteiger partial charge < -0.3 is 9.53 Å². The molecule has 1 atom stereocenters. The molecule has 0 heterocycles. The van der Waals surface area contributed by atoms with Gasteiger partial charge >= 0.3 is 5.97 Å². The van der Waals surface area contributed by atoms with Crippen LogP contribution in [0.1, 0.15) is 32.1 Å². The Kier molecular flexibility index (Phi) is 4.71. The quantitative estimate of drug-likeness (QED) is 0.329. The minimum atomic E-state index is -1.78. The molecule has 1 saturated carbocycles. The average Bonchev–Trinajstić information content (AvgIpc) is 2.17. The van der Waals surface area contributed by atoms with Gasteiger partial charge in [-0.05, 0) is 25.7 Å². The van der Waals surface area contributed by atoms with Crippen molar-refractivity contribution in [1.82, 2.24) is 0 Å². The Labute approximate surface area is 98.6 Å². The molecule has 16 heavy (non-hydrogen) atoms. The van der Waals surface area contributed by atoms with E-state index in [2.05, 4.69) is 0 Å². The Bertz CT molecular complexity index is 251. The first kappa shape index (κ1) is 13.4. The van der Waals surface area contributed by atoms with E-state index in [-0.39, 0.29) is 12.1 Å². The average molecular weight is 242 g/mol. The van der Waals surface area contributed by atoms with Crippen molar-refractivity contribution in [2.24, 2.45) is 0 Å². The molecule has 3 nitrogen and oxygen atoms in total. The molecule has 1 rings (SSSR count). The van der Waals surface area contributed by atoms with Crippen molar-refractivity contribution in [3.63, 3.8) is 0 Å². The number of rotatable bonds is 4. The Morgan fingerprint density at radius 3 is 2.25 bits per heavy atom. The molecule has 0 N–H and O–H groups in total. The summed E-state index contributed by atoms with van der Waals surface area (Å²) >= 11 is 0. The Hall–Kier alpha value is -0.643. The molecule has 1 fully saturated rings. The molecule has 0 aromatic carbocycles. The van der Waals surface area contributed by atoms with Gasteiger partial charge in [-0.3, -0.25) is 4.79 Å². The van der Waals surface area contributed by atoms with E-state index in [1.165, 1.54) is 6.42 Å².